The highest BCUT2D eigenvalue weighted by molar-refractivity contribution is 5.51. The van der Waals surface area contributed by atoms with Gasteiger partial charge in [0, 0.05) is 18.4 Å². The van der Waals surface area contributed by atoms with Crippen LogP contribution in [0.4, 0.5) is 0 Å². The molecule has 4 nitrogen and oxygen atoms in total. The van der Waals surface area contributed by atoms with Crippen LogP contribution in [0.3, 0.4) is 0 Å². The minimum atomic E-state index is -0.354. The average Bonchev–Trinajstić information content (AvgIpc) is 1.88. The van der Waals surface area contributed by atoms with Crippen LogP contribution in [0.1, 0.15) is 12.8 Å². The first-order valence-electron chi connectivity index (χ1n) is 2.82. The lowest BCUT2D eigenvalue weighted by Gasteiger charge is -2.19. The molecule has 0 aromatic rings. The highest BCUT2D eigenvalue weighted by Crippen LogP contribution is 2.05. The molecule has 0 aromatic heterocycles. The maximum atomic E-state index is 10.4. The predicted octanol–water partition coefficient (Wildman–Crippen LogP) is 0.265. The Morgan fingerprint density at radius 3 is 3.11 bits per heavy atom. The van der Waals surface area contributed by atoms with Crippen LogP contribution >= 0.6 is 0 Å². The molecule has 1 heterocycles. The molecule has 1 aliphatic heterocycles. The van der Waals surface area contributed by atoms with E-state index in [1.807, 2.05) is 0 Å². The van der Waals surface area contributed by atoms with Crippen molar-refractivity contribution in [2.24, 2.45) is 0 Å². The Morgan fingerprint density at radius 2 is 2.67 bits per heavy atom. The number of hydrogen-bond acceptors (Lipinski definition) is 3. The molecule has 0 fully saturated rings. The molecule has 1 atom stereocenters. The average molecular weight is 131 g/mol. The molecule has 0 radical (unpaired) electrons. The van der Waals surface area contributed by atoms with E-state index in [4.69, 9.17) is 4.74 Å². The molecule has 1 aliphatic rings. The molecule has 0 bridgehead atoms. The Morgan fingerprint density at radius 1 is 1.89 bits per heavy atom. The molecular weight excluding hydrogens is 122 g/mol. The first-order valence-corrected chi connectivity index (χ1v) is 2.82. The number of nitrogens with zero attached hydrogens (tertiary/aromatic N) is 1. The number of rotatable bonds is 1. The minimum absolute atomic E-state index is 0.354. The van der Waals surface area contributed by atoms with E-state index >= 15 is 0 Å². The van der Waals surface area contributed by atoms with E-state index in [1.165, 1.54) is 13.3 Å². The molecular formula is C5H9NO3. The van der Waals surface area contributed by atoms with E-state index in [9.17, 15) is 5.21 Å². The molecule has 0 spiro atoms. The quantitative estimate of drug-likeness (QED) is 0.479. The van der Waals surface area contributed by atoms with Crippen LogP contribution in [-0.2, 0) is 9.57 Å². The molecule has 0 saturated carbocycles. The highest BCUT2D eigenvalue weighted by atomic mass is 16.9. The fourth-order valence-corrected chi connectivity index (χ4v) is 0.689. The van der Waals surface area contributed by atoms with Crippen LogP contribution < -0.4 is 0 Å². The fourth-order valence-electron chi connectivity index (χ4n) is 0.689. The summed E-state index contributed by atoms with van der Waals surface area (Å²) in [5, 5.41) is 10.4. The summed E-state index contributed by atoms with van der Waals surface area (Å²) in [7, 11) is 1.52. The summed E-state index contributed by atoms with van der Waals surface area (Å²) in [6.45, 7) is 0. The Kier molecular flexibility index (Phi) is 1.89. The third-order valence-electron chi connectivity index (χ3n) is 1.16. The normalized spacial score (nSPS) is 26.8. The summed E-state index contributed by atoms with van der Waals surface area (Å²) in [6.07, 6.45) is 2.57. The molecule has 9 heavy (non-hydrogen) atoms. The minimum Gasteiger partial charge on any atom is -0.372 e. The van der Waals surface area contributed by atoms with Gasteiger partial charge in [0.15, 0.2) is 6.29 Å². The lowest BCUT2D eigenvalue weighted by molar-refractivity contribution is -0.767. The van der Waals surface area contributed by atoms with Gasteiger partial charge < -0.3 is 9.57 Å². The zero-order valence-electron chi connectivity index (χ0n) is 5.24. The SMILES string of the molecule is CO[C@H]1CCC=[N+]([O-])O1. The smallest absolute Gasteiger partial charge is 0.210 e. The zero-order chi connectivity index (χ0) is 6.69. The van der Waals surface area contributed by atoms with Gasteiger partial charge >= 0.3 is 0 Å². The maximum Gasteiger partial charge on any atom is 0.210 e. The second-order valence-corrected chi connectivity index (χ2v) is 1.82. The molecule has 0 aromatic carbocycles. The highest BCUT2D eigenvalue weighted by Gasteiger charge is 2.12. The standard InChI is InChI=1S/C5H9NO3/c1-8-5-3-2-4-6(7)9-5/h4-5H,2-3H2,1H3/t5-/m1/s1. The van der Waals surface area contributed by atoms with E-state index < -0.39 is 0 Å². The molecule has 1 rings (SSSR count). The van der Waals surface area contributed by atoms with Gasteiger partial charge in [0.2, 0.25) is 6.21 Å². The largest absolute Gasteiger partial charge is 0.372 e. The first kappa shape index (κ1) is 6.35. The van der Waals surface area contributed by atoms with Crippen LogP contribution in [0.5, 0.6) is 0 Å². The van der Waals surface area contributed by atoms with Crippen molar-refractivity contribution < 1.29 is 14.5 Å². The number of hydrogen-bond donors (Lipinski definition) is 0. The molecule has 4 heteroatoms. The van der Waals surface area contributed by atoms with Gasteiger partial charge in [0.05, 0.1) is 0 Å². The van der Waals surface area contributed by atoms with Crippen molar-refractivity contribution in [1.82, 2.24) is 0 Å². The Balaban J connectivity index is 2.39. The second-order valence-electron chi connectivity index (χ2n) is 1.82. The molecule has 0 amide bonds. The van der Waals surface area contributed by atoms with Crippen molar-refractivity contribution >= 4 is 6.21 Å². The van der Waals surface area contributed by atoms with Crippen molar-refractivity contribution in [3.63, 3.8) is 0 Å². The fraction of sp³-hybridized carbons (Fsp3) is 0.800. The van der Waals surface area contributed by atoms with Gasteiger partial charge in [-0.25, -0.2) is 0 Å². The summed E-state index contributed by atoms with van der Waals surface area (Å²) in [4.78, 5) is 5.08. The summed E-state index contributed by atoms with van der Waals surface area (Å²) in [6, 6.07) is 0. The summed E-state index contributed by atoms with van der Waals surface area (Å²) < 4.78 is 4.78. The van der Waals surface area contributed by atoms with Crippen molar-refractivity contribution in [3.05, 3.63) is 5.21 Å². The Bertz CT molecular complexity index is 123. The van der Waals surface area contributed by atoms with Crippen molar-refractivity contribution in [2.45, 2.75) is 19.1 Å². The molecule has 0 N–H and O–H groups in total. The lowest BCUT2D eigenvalue weighted by Crippen LogP contribution is -2.25. The van der Waals surface area contributed by atoms with Crippen LogP contribution in [0, 0.1) is 5.21 Å². The van der Waals surface area contributed by atoms with Gasteiger partial charge in [-0.15, -0.1) is 0 Å². The van der Waals surface area contributed by atoms with E-state index in [0.29, 0.717) is 4.90 Å². The van der Waals surface area contributed by atoms with Crippen molar-refractivity contribution in [2.75, 3.05) is 7.11 Å². The topological polar surface area (TPSA) is 44.5 Å². The van der Waals surface area contributed by atoms with Crippen LogP contribution in [0.2, 0.25) is 0 Å². The second kappa shape index (κ2) is 2.68. The molecule has 0 unspecified atom stereocenters. The summed E-state index contributed by atoms with van der Waals surface area (Å²) >= 11 is 0. The van der Waals surface area contributed by atoms with Crippen molar-refractivity contribution in [1.29, 1.82) is 0 Å². The van der Waals surface area contributed by atoms with Gasteiger partial charge in [-0.05, 0) is 6.42 Å². The molecule has 0 aliphatic carbocycles. The van der Waals surface area contributed by atoms with E-state index in [0.717, 1.165) is 12.8 Å². The van der Waals surface area contributed by atoms with Crippen LogP contribution in [0.25, 0.3) is 0 Å². The van der Waals surface area contributed by atoms with Gasteiger partial charge in [0.25, 0.3) is 0 Å². The Labute approximate surface area is 53.2 Å². The van der Waals surface area contributed by atoms with Gasteiger partial charge in [-0.1, -0.05) is 0 Å². The summed E-state index contributed by atoms with van der Waals surface area (Å²) in [5.74, 6) is 0. The van der Waals surface area contributed by atoms with E-state index in [1.54, 1.807) is 0 Å². The monoisotopic (exact) mass is 131 g/mol. The van der Waals surface area contributed by atoms with E-state index in [2.05, 4.69) is 4.84 Å². The van der Waals surface area contributed by atoms with Crippen LogP contribution in [0.15, 0.2) is 0 Å². The number of methoxy groups -OCH3 is 1. The van der Waals surface area contributed by atoms with Crippen molar-refractivity contribution in [3.8, 4) is 0 Å². The van der Waals surface area contributed by atoms with Gasteiger partial charge in [0.1, 0.15) is 0 Å². The predicted molar refractivity (Wildman–Crippen MR) is 30.8 cm³/mol. The Hall–Kier alpha value is -0.770. The van der Waals surface area contributed by atoms with Gasteiger partial charge in [-0.3, -0.25) is 5.21 Å². The lowest BCUT2D eigenvalue weighted by atomic mass is 10.3. The summed E-state index contributed by atoms with van der Waals surface area (Å²) in [5.41, 5.74) is 0. The van der Waals surface area contributed by atoms with Crippen LogP contribution in [-0.4, -0.2) is 24.5 Å². The molecule has 52 valence electrons. The van der Waals surface area contributed by atoms with Gasteiger partial charge in [-0.2, -0.15) is 0 Å². The molecule has 0 saturated heterocycles. The van der Waals surface area contributed by atoms with E-state index in [-0.39, 0.29) is 6.29 Å². The zero-order valence-corrected chi connectivity index (χ0v) is 5.24. The third-order valence-corrected chi connectivity index (χ3v) is 1.16. The number of ether oxygens (including phenoxy) is 1. The third kappa shape index (κ3) is 1.57. The first-order chi connectivity index (χ1) is 4.33. The maximum absolute atomic E-state index is 10.4.